The Bertz CT molecular complexity index is 368. The van der Waals surface area contributed by atoms with Crippen molar-refractivity contribution in [2.75, 3.05) is 39.2 Å². The molecule has 2 atom stereocenters. The first-order valence-electron chi connectivity index (χ1n) is 5.84. The Labute approximate surface area is 102 Å². The molecule has 0 aromatic carbocycles. The van der Waals surface area contributed by atoms with Crippen molar-refractivity contribution < 1.29 is 9.15 Å². The number of hydrogen-bond acceptors (Lipinski definition) is 6. The molecule has 0 amide bonds. The van der Waals surface area contributed by atoms with Crippen molar-refractivity contribution in [3.8, 4) is 0 Å². The van der Waals surface area contributed by atoms with E-state index in [1.165, 1.54) is 0 Å². The Morgan fingerprint density at radius 2 is 2.29 bits per heavy atom. The molecule has 2 rings (SSSR count). The van der Waals surface area contributed by atoms with Gasteiger partial charge in [0.2, 0.25) is 5.89 Å². The molecule has 96 valence electrons. The molecule has 17 heavy (non-hydrogen) atoms. The Kier molecular flexibility index (Phi) is 3.63. The summed E-state index contributed by atoms with van der Waals surface area (Å²) in [4.78, 5) is 4.31. The van der Waals surface area contributed by atoms with Gasteiger partial charge in [-0.2, -0.15) is 0 Å². The van der Waals surface area contributed by atoms with Crippen LogP contribution in [-0.4, -0.2) is 61.5 Å². The largest absolute Gasteiger partial charge is 0.408 e. The lowest BCUT2D eigenvalue weighted by atomic mass is 10.2. The van der Waals surface area contributed by atoms with Gasteiger partial charge in [0.05, 0.1) is 6.10 Å². The summed E-state index contributed by atoms with van der Waals surface area (Å²) in [6.07, 6.45) is 1.38. The highest BCUT2D eigenvalue weighted by Gasteiger charge is 2.30. The first-order valence-corrected chi connectivity index (χ1v) is 5.84. The van der Waals surface area contributed by atoms with Crippen LogP contribution in [0.25, 0.3) is 0 Å². The van der Waals surface area contributed by atoms with Crippen molar-refractivity contribution in [2.24, 2.45) is 0 Å². The Hall–Kier alpha value is -1.14. The summed E-state index contributed by atoms with van der Waals surface area (Å²) in [7, 11) is 5.86. The van der Waals surface area contributed by atoms with E-state index in [1.54, 1.807) is 14.0 Å². The van der Waals surface area contributed by atoms with Crippen LogP contribution in [0.4, 0.5) is 6.01 Å². The predicted molar refractivity (Wildman–Crippen MR) is 64.1 cm³/mol. The first kappa shape index (κ1) is 12.3. The second-order valence-corrected chi connectivity index (χ2v) is 4.67. The lowest BCUT2D eigenvalue weighted by Crippen LogP contribution is -2.36. The van der Waals surface area contributed by atoms with Gasteiger partial charge in [-0.05, 0) is 13.5 Å². The molecule has 1 aromatic rings. The van der Waals surface area contributed by atoms with Crippen molar-refractivity contribution in [1.29, 1.82) is 0 Å². The predicted octanol–water partition coefficient (Wildman–Crippen LogP) is 0.533. The van der Waals surface area contributed by atoms with Crippen molar-refractivity contribution in [3.05, 3.63) is 5.89 Å². The van der Waals surface area contributed by atoms with Gasteiger partial charge in [-0.25, -0.2) is 0 Å². The number of rotatable bonds is 4. The van der Waals surface area contributed by atoms with E-state index in [4.69, 9.17) is 9.15 Å². The average Bonchev–Trinajstić information content (AvgIpc) is 2.86. The first-order chi connectivity index (χ1) is 8.10. The summed E-state index contributed by atoms with van der Waals surface area (Å²) in [6, 6.07) is 1.05. The summed E-state index contributed by atoms with van der Waals surface area (Å²) in [5.74, 6) is 0.599. The maximum absolute atomic E-state index is 5.40. The van der Waals surface area contributed by atoms with E-state index >= 15 is 0 Å². The monoisotopic (exact) mass is 240 g/mol. The summed E-state index contributed by atoms with van der Waals surface area (Å²) >= 11 is 0. The van der Waals surface area contributed by atoms with Crippen molar-refractivity contribution in [3.63, 3.8) is 0 Å². The fourth-order valence-electron chi connectivity index (χ4n) is 2.25. The standard InChI is InChI=1S/C11H20N4O2/c1-8-12-13-11(17-8)15(3)6-9-5-10(16-4)7-14(9)2/h9-10H,5-7H2,1-4H3/t9-,10-/m0/s1. The summed E-state index contributed by atoms with van der Waals surface area (Å²) < 4.78 is 10.8. The average molecular weight is 240 g/mol. The zero-order valence-electron chi connectivity index (χ0n) is 10.9. The SMILES string of the molecule is CO[C@H]1C[C@@H](CN(C)c2nnc(C)o2)N(C)C1. The quantitative estimate of drug-likeness (QED) is 0.765. The van der Waals surface area contributed by atoms with Gasteiger partial charge in [0.1, 0.15) is 0 Å². The van der Waals surface area contributed by atoms with Crippen molar-refractivity contribution in [2.45, 2.75) is 25.5 Å². The number of nitrogens with zero attached hydrogens (tertiary/aromatic N) is 4. The van der Waals surface area contributed by atoms with Gasteiger partial charge >= 0.3 is 6.01 Å². The van der Waals surface area contributed by atoms with Gasteiger partial charge in [0, 0.05) is 40.2 Å². The van der Waals surface area contributed by atoms with E-state index < -0.39 is 0 Å². The molecule has 1 saturated heterocycles. The van der Waals surface area contributed by atoms with E-state index in [2.05, 4.69) is 22.1 Å². The number of methoxy groups -OCH3 is 1. The number of anilines is 1. The molecular weight excluding hydrogens is 220 g/mol. The molecule has 0 spiro atoms. The number of aryl methyl sites for hydroxylation is 1. The van der Waals surface area contributed by atoms with E-state index in [0.29, 0.717) is 24.1 Å². The van der Waals surface area contributed by atoms with Crippen molar-refractivity contribution >= 4 is 6.01 Å². The van der Waals surface area contributed by atoms with Crippen LogP contribution >= 0.6 is 0 Å². The zero-order chi connectivity index (χ0) is 12.4. The molecule has 0 bridgehead atoms. The van der Waals surface area contributed by atoms with Gasteiger partial charge in [0.25, 0.3) is 0 Å². The molecule has 6 nitrogen and oxygen atoms in total. The molecule has 0 aliphatic carbocycles. The Morgan fingerprint density at radius 1 is 1.53 bits per heavy atom. The number of likely N-dealkylation sites (N-methyl/N-ethyl adjacent to an activating group) is 2. The minimum atomic E-state index is 0.336. The van der Waals surface area contributed by atoms with E-state index in [1.807, 2.05) is 11.9 Å². The number of aromatic nitrogens is 2. The molecule has 1 aromatic heterocycles. The van der Waals surface area contributed by atoms with Crippen molar-refractivity contribution in [1.82, 2.24) is 15.1 Å². The number of ether oxygens (including phenoxy) is 1. The summed E-state index contributed by atoms with van der Waals surface area (Å²) in [5.41, 5.74) is 0. The minimum absolute atomic E-state index is 0.336. The highest BCUT2D eigenvalue weighted by molar-refractivity contribution is 5.22. The summed E-state index contributed by atoms with van der Waals surface area (Å²) in [6.45, 7) is 3.66. The molecule has 0 unspecified atom stereocenters. The topological polar surface area (TPSA) is 54.6 Å². The third-order valence-electron chi connectivity index (χ3n) is 3.31. The highest BCUT2D eigenvalue weighted by atomic mass is 16.5. The van der Waals surface area contributed by atoms with E-state index in [9.17, 15) is 0 Å². The van der Waals surface area contributed by atoms with E-state index in [0.717, 1.165) is 19.5 Å². The van der Waals surface area contributed by atoms with Crippen LogP contribution in [0, 0.1) is 6.92 Å². The highest BCUT2D eigenvalue weighted by Crippen LogP contribution is 2.20. The van der Waals surface area contributed by atoms with Crippen LogP contribution in [0.1, 0.15) is 12.3 Å². The van der Waals surface area contributed by atoms with Crippen LogP contribution in [0.2, 0.25) is 0 Å². The zero-order valence-corrected chi connectivity index (χ0v) is 10.9. The molecule has 2 heterocycles. The second-order valence-electron chi connectivity index (χ2n) is 4.67. The van der Waals surface area contributed by atoms with Crippen LogP contribution < -0.4 is 4.90 Å². The van der Waals surface area contributed by atoms with Crippen LogP contribution in [-0.2, 0) is 4.74 Å². The fourth-order valence-corrected chi connectivity index (χ4v) is 2.25. The molecule has 0 N–H and O–H groups in total. The Balaban J connectivity index is 1.93. The third-order valence-corrected chi connectivity index (χ3v) is 3.31. The molecule has 0 saturated carbocycles. The Morgan fingerprint density at radius 3 is 2.82 bits per heavy atom. The van der Waals surface area contributed by atoms with Gasteiger partial charge in [0.15, 0.2) is 0 Å². The molecule has 1 aliphatic heterocycles. The molecule has 6 heteroatoms. The maximum atomic E-state index is 5.40. The molecule has 0 radical (unpaired) electrons. The van der Waals surface area contributed by atoms with Gasteiger partial charge in [-0.1, -0.05) is 5.10 Å². The van der Waals surface area contributed by atoms with Gasteiger partial charge in [-0.15, -0.1) is 5.10 Å². The third kappa shape index (κ3) is 2.76. The second kappa shape index (κ2) is 5.01. The van der Waals surface area contributed by atoms with Crippen LogP contribution in [0.3, 0.4) is 0 Å². The smallest absolute Gasteiger partial charge is 0.317 e. The van der Waals surface area contributed by atoms with Gasteiger partial charge < -0.3 is 14.1 Å². The lowest BCUT2D eigenvalue weighted by Gasteiger charge is -2.23. The minimum Gasteiger partial charge on any atom is -0.408 e. The van der Waals surface area contributed by atoms with Gasteiger partial charge in [-0.3, -0.25) is 4.90 Å². The number of likely N-dealkylation sites (tertiary alicyclic amines) is 1. The lowest BCUT2D eigenvalue weighted by molar-refractivity contribution is 0.111. The molecule has 1 fully saturated rings. The molecule has 1 aliphatic rings. The fraction of sp³-hybridized carbons (Fsp3) is 0.818. The summed E-state index contributed by atoms with van der Waals surface area (Å²) in [5, 5.41) is 7.85. The van der Waals surface area contributed by atoms with Crippen LogP contribution in [0.5, 0.6) is 0 Å². The molecular formula is C11H20N4O2. The maximum Gasteiger partial charge on any atom is 0.317 e. The van der Waals surface area contributed by atoms with E-state index in [-0.39, 0.29) is 0 Å². The van der Waals surface area contributed by atoms with Crippen LogP contribution in [0.15, 0.2) is 4.42 Å². The normalized spacial score (nSPS) is 25.4. The number of hydrogen-bond donors (Lipinski definition) is 0.